The molecular formula is C19H18ClN5O2. The third-order valence-electron chi connectivity index (χ3n) is 3.87. The molecule has 1 atom stereocenters. The summed E-state index contributed by atoms with van der Waals surface area (Å²) in [7, 11) is 0. The number of carbonyl (C=O) groups is 2. The van der Waals surface area contributed by atoms with Gasteiger partial charge in [0.2, 0.25) is 11.8 Å². The Morgan fingerprint density at radius 2 is 1.96 bits per heavy atom. The molecule has 138 valence electrons. The molecule has 0 fully saturated rings. The van der Waals surface area contributed by atoms with Gasteiger partial charge in [0.25, 0.3) is 0 Å². The Morgan fingerprint density at radius 3 is 2.63 bits per heavy atom. The second kappa shape index (κ2) is 8.46. The summed E-state index contributed by atoms with van der Waals surface area (Å²) in [6.07, 6.45) is 3.01. The van der Waals surface area contributed by atoms with Crippen molar-refractivity contribution in [3.8, 4) is 5.69 Å². The molecule has 0 aliphatic rings. The lowest BCUT2D eigenvalue weighted by Gasteiger charge is -2.19. The first-order valence-corrected chi connectivity index (χ1v) is 8.67. The lowest BCUT2D eigenvalue weighted by Crippen LogP contribution is -2.29. The van der Waals surface area contributed by atoms with Gasteiger partial charge in [0.05, 0.1) is 23.8 Å². The van der Waals surface area contributed by atoms with Crippen molar-refractivity contribution >= 4 is 29.1 Å². The average Bonchev–Trinajstić information content (AvgIpc) is 3.16. The zero-order valence-electron chi connectivity index (χ0n) is 14.6. The van der Waals surface area contributed by atoms with Crippen LogP contribution in [0.4, 0.5) is 5.69 Å². The van der Waals surface area contributed by atoms with Gasteiger partial charge in [-0.05, 0) is 23.8 Å². The first-order valence-electron chi connectivity index (χ1n) is 8.29. The predicted octanol–water partition coefficient (Wildman–Crippen LogP) is 3.13. The molecule has 0 spiro atoms. The predicted molar refractivity (Wildman–Crippen MR) is 103 cm³/mol. The number of carbonyl (C=O) groups excluding carboxylic acids is 2. The van der Waals surface area contributed by atoms with Crippen LogP contribution in [0.3, 0.4) is 0 Å². The van der Waals surface area contributed by atoms with Gasteiger partial charge in [-0.1, -0.05) is 41.9 Å². The molecule has 2 N–H and O–H groups in total. The quantitative estimate of drug-likeness (QED) is 0.684. The van der Waals surface area contributed by atoms with E-state index in [1.54, 1.807) is 18.2 Å². The van der Waals surface area contributed by atoms with E-state index in [-0.39, 0.29) is 18.2 Å². The van der Waals surface area contributed by atoms with Gasteiger partial charge in [-0.15, -0.1) is 0 Å². The van der Waals surface area contributed by atoms with E-state index >= 15 is 0 Å². The van der Waals surface area contributed by atoms with Crippen molar-refractivity contribution in [2.45, 2.75) is 19.4 Å². The number of rotatable bonds is 6. The molecule has 3 rings (SSSR count). The molecule has 1 heterocycles. The highest BCUT2D eigenvalue weighted by Gasteiger charge is 2.18. The molecule has 3 aromatic rings. The summed E-state index contributed by atoms with van der Waals surface area (Å²) >= 11 is 6.08. The van der Waals surface area contributed by atoms with Crippen LogP contribution < -0.4 is 10.6 Å². The maximum absolute atomic E-state index is 12.7. The van der Waals surface area contributed by atoms with E-state index in [0.717, 1.165) is 5.56 Å². The fourth-order valence-corrected chi connectivity index (χ4v) is 2.88. The van der Waals surface area contributed by atoms with Gasteiger partial charge in [0.15, 0.2) is 0 Å². The smallest absolute Gasteiger partial charge is 0.226 e. The lowest BCUT2D eigenvalue weighted by atomic mass is 10.0. The van der Waals surface area contributed by atoms with E-state index in [4.69, 9.17) is 11.6 Å². The number of benzene rings is 2. The van der Waals surface area contributed by atoms with E-state index in [1.807, 2.05) is 30.3 Å². The molecule has 2 amide bonds. The van der Waals surface area contributed by atoms with E-state index < -0.39 is 6.04 Å². The third kappa shape index (κ3) is 4.92. The Labute approximate surface area is 161 Å². The minimum Gasteiger partial charge on any atom is -0.349 e. The summed E-state index contributed by atoms with van der Waals surface area (Å²) < 4.78 is 1.54. The van der Waals surface area contributed by atoms with Crippen molar-refractivity contribution in [2.75, 3.05) is 5.32 Å². The normalized spacial score (nSPS) is 11.6. The molecule has 7 nitrogen and oxygen atoms in total. The third-order valence-corrected chi connectivity index (χ3v) is 4.10. The van der Waals surface area contributed by atoms with Gasteiger partial charge in [0.1, 0.15) is 12.7 Å². The maximum Gasteiger partial charge on any atom is 0.226 e. The molecule has 1 aromatic heterocycles. The Bertz CT molecular complexity index is 929. The molecule has 0 saturated carbocycles. The summed E-state index contributed by atoms with van der Waals surface area (Å²) in [4.78, 5) is 28.1. The molecule has 2 aromatic carbocycles. The van der Waals surface area contributed by atoms with Crippen molar-refractivity contribution in [1.29, 1.82) is 0 Å². The fourth-order valence-electron chi connectivity index (χ4n) is 2.71. The first kappa shape index (κ1) is 18.6. The van der Waals surface area contributed by atoms with Crippen molar-refractivity contribution < 1.29 is 9.59 Å². The number of hydrogen-bond acceptors (Lipinski definition) is 4. The Balaban J connectivity index is 1.80. The van der Waals surface area contributed by atoms with Gasteiger partial charge in [0, 0.05) is 11.9 Å². The molecule has 0 saturated heterocycles. The van der Waals surface area contributed by atoms with Crippen LogP contribution in [0.5, 0.6) is 0 Å². The number of amides is 2. The van der Waals surface area contributed by atoms with E-state index in [0.29, 0.717) is 16.4 Å². The SMILES string of the molecule is CC(=O)N[C@@H](CC(=O)Nc1cc(Cl)ccc1-n1cncn1)c1ccccc1. The second-order valence-electron chi connectivity index (χ2n) is 5.92. The van der Waals surface area contributed by atoms with Crippen LogP contribution in [0.2, 0.25) is 5.02 Å². The van der Waals surface area contributed by atoms with Crippen molar-refractivity contribution in [3.63, 3.8) is 0 Å². The lowest BCUT2D eigenvalue weighted by molar-refractivity contribution is -0.120. The second-order valence-corrected chi connectivity index (χ2v) is 6.35. The van der Waals surface area contributed by atoms with Crippen LogP contribution >= 0.6 is 11.6 Å². The number of hydrogen-bond donors (Lipinski definition) is 2. The minimum absolute atomic E-state index is 0.0763. The number of halogens is 1. The maximum atomic E-state index is 12.7. The highest BCUT2D eigenvalue weighted by Crippen LogP contribution is 2.25. The van der Waals surface area contributed by atoms with Crippen LogP contribution in [0, 0.1) is 0 Å². The largest absolute Gasteiger partial charge is 0.349 e. The number of nitrogens with zero attached hydrogens (tertiary/aromatic N) is 3. The zero-order valence-corrected chi connectivity index (χ0v) is 15.3. The summed E-state index contributed by atoms with van der Waals surface area (Å²) in [5.74, 6) is -0.469. The molecule has 27 heavy (non-hydrogen) atoms. The van der Waals surface area contributed by atoms with Crippen LogP contribution in [-0.4, -0.2) is 26.6 Å². The van der Waals surface area contributed by atoms with E-state index in [2.05, 4.69) is 20.7 Å². The van der Waals surface area contributed by atoms with E-state index in [1.165, 1.54) is 24.3 Å². The van der Waals surface area contributed by atoms with Gasteiger partial charge in [-0.25, -0.2) is 9.67 Å². The topological polar surface area (TPSA) is 88.9 Å². The molecule has 0 radical (unpaired) electrons. The first-order chi connectivity index (χ1) is 13.0. The van der Waals surface area contributed by atoms with Gasteiger partial charge >= 0.3 is 0 Å². The Hall–Kier alpha value is -3.19. The average molecular weight is 384 g/mol. The number of nitrogens with one attached hydrogen (secondary N) is 2. The number of anilines is 1. The fraction of sp³-hybridized carbons (Fsp3) is 0.158. The van der Waals surface area contributed by atoms with E-state index in [9.17, 15) is 9.59 Å². The molecule has 8 heteroatoms. The summed E-state index contributed by atoms with van der Waals surface area (Å²) in [6.45, 7) is 1.42. The molecule has 0 aliphatic heterocycles. The van der Waals surface area contributed by atoms with Crippen LogP contribution in [-0.2, 0) is 9.59 Å². The van der Waals surface area contributed by atoms with Crippen molar-refractivity contribution in [1.82, 2.24) is 20.1 Å². The molecule has 0 aliphatic carbocycles. The van der Waals surface area contributed by atoms with Gasteiger partial charge in [-0.3, -0.25) is 9.59 Å². The van der Waals surface area contributed by atoms with Crippen LogP contribution in [0.15, 0.2) is 61.2 Å². The number of aromatic nitrogens is 3. The highest BCUT2D eigenvalue weighted by atomic mass is 35.5. The Kier molecular flexibility index (Phi) is 5.83. The summed E-state index contributed by atoms with van der Waals surface area (Å²) in [6, 6.07) is 14.0. The van der Waals surface area contributed by atoms with Crippen LogP contribution in [0.25, 0.3) is 5.69 Å². The molecular weight excluding hydrogens is 366 g/mol. The van der Waals surface area contributed by atoms with Crippen LogP contribution in [0.1, 0.15) is 24.9 Å². The highest BCUT2D eigenvalue weighted by molar-refractivity contribution is 6.31. The zero-order chi connectivity index (χ0) is 19.2. The van der Waals surface area contributed by atoms with Crippen molar-refractivity contribution in [3.05, 3.63) is 71.8 Å². The van der Waals surface area contributed by atoms with Gasteiger partial charge < -0.3 is 10.6 Å². The Morgan fingerprint density at radius 1 is 1.19 bits per heavy atom. The summed E-state index contributed by atoms with van der Waals surface area (Å²) in [5.41, 5.74) is 2.00. The minimum atomic E-state index is -0.433. The standard InChI is InChI=1S/C19H18ClN5O2/c1-13(26)23-16(14-5-3-2-4-6-14)10-19(27)24-17-9-15(20)7-8-18(17)25-12-21-11-22-25/h2-9,11-12,16H,10H2,1H3,(H,23,26)(H,24,27)/t16-/m0/s1. The molecule has 0 bridgehead atoms. The van der Waals surface area contributed by atoms with Crippen molar-refractivity contribution in [2.24, 2.45) is 0 Å². The van der Waals surface area contributed by atoms with Gasteiger partial charge in [-0.2, -0.15) is 5.10 Å². The monoisotopic (exact) mass is 383 g/mol. The molecule has 0 unspecified atom stereocenters. The summed E-state index contributed by atoms with van der Waals surface area (Å²) in [5, 5.41) is 10.2.